The lowest BCUT2D eigenvalue weighted by molar-refractivity contribution is 0.250. The Morgan fingerprint density at radius 3 is 2.19 bits per heavy atom. The van der Waals surface area contributed by atoms with E-state index >= 15 is 0 Å². The van der Waals surface area contributed by atoms with Crippen LogP contribution in [0.25, 0.3) is 0 Å². The van der Waals surface area contributed by atoms with Crippen LogP contribution in [0.5, 0.6) is 0 Å². The number of rotatable bonds is 11. The first-order valence-corrected chi connectivity index (χ1v) is 12.1. The van der Waals surface area contributed by atoms with Crippen molar-refractivity contribution in [3.05, 3.63) is 24.3 Å². The third-order valence-electron chi connectivity index (χ3n) is 7.00. The molecule has 0 radical (unpaired) electrons. The molecule has 2 saturated carbocycles. The highest BCUT2D eigenvalue weighted by molar-refractivity contribution is 4.91. The van der Waals surface area contributed by atoms with Crippen LogP contribution in [0.15, 0.2) is 24.3 Å². The molecule has 0 amide bonds. The molecule has 0 aliphatic heterocycles. The fraction of sp³-hybridized carbons (Fsp3) is 0.846. The fourth-order valence-corrected chi connectivity index (χ4v) is 5.30. The standard InChI is InChI=1S/C26H46/c1-3-5-7-12-23-18-20-24(21-19-23)13-9-10-15-26-17-11-16-25(22-26)14-8-6-4-2/h5,7-8,14,23-26H,3-4,6,9-13,15-22H2,1-2H3/b7-5-,14-8+/t23-,24-,25?,26?. The Morgan fingerprint density at radius 2 is 1.46 bits per heavy atom. The molecule has 0 bridgehead atoms. The molecular formula is C26H46. The summed E-state index contributed by atoms with van der Waals surface area (Å²) in [6, 6.07) is 0. The van der Waals surface area contributed by atoms with Crippen molar-refractivity contribution in [1.82, 2.24) is 0 Å². The maximum Gasteiger partial charge on any atom is -0.0231 e. The summed E-state index contributed by atoms with van der Waals surface area (Å²) in [5.74, 6) is 3.98. The topological polar surface area (TPSA) is 0 Å². The highest BCUT2D eigenvalue weighted by atomic mass is 14.3. The van der Waals surface area contributed by atoms with Gasteiger partial charge in [0.05, 0.1) is 0 Å². The molecule has 0 aromatic carbocycles. The summed E-state index contributed by atoms with van der Waals surface area (Å²) >= 11 is 0. The predicted octanol–water partition coefficient (Wildman–Crippen LogP) is 8.87. The molecule has 2 unspecified atom stereocenters. The average Bonchev–Trinajstić information content (AvgIpc) is 2.67. The van der Waals surface area contributed by atoms with Crippen LogP contribution in [0, 0.1) is 23.7 Å². The normalized spacial score (nSPS) is 30.4. The lowest BCUT2D eigenvalue weighted by atomic mass is 9.77. The minimum Gasteiger partial charge on any atom is -0.0888 e. The second-order valence-electron chi connectivity index (χ2n) is 9.30. The van der Waals surface area contributed by atoms with Gasteiger partial charge in [-0.1, -0.05) is 95.9 Å². The number of hydrogen-bond donors (Lipinski definition) is 0. The minimum atomic E-state index is 0.900. The molecule has 0 heteroatoms. The van der Waals surface area contributed by atoms with Crippen LogP contribution in [0.4, 0.5) is 0 Å². The summed E-state index contributed by atoms with van der Waals surface area (Å²) in [4.78, 5) is 0. The third kappa shape index (κ3) is 8.92. The number of unbranched alkanes of at least 4 members (excludes halogenated alkanes) is 2. The van der Waals surface area contributed by atoms with Crippen LogP contribution in [0.1, 0.15) is 117 Å². The maximum absolute atomic E-state index is 2.55. The van der Waals surface area contributed by atoms with Gasteiger partial charge in [0.15, 0.2) is 0 Å². The molecule has 2 aliphatic carbocycles. The van der Waals surface area contributed by atoms with Gasteiger partial charge in [-0.2, -0.15) is 0 Å². The molecule has 2 aliphatic rings. The van der Waals surface area contributed by atoms with Crippen molar-refractivity contribution in [3.8, 4) is 0 Å². The molecule has 150 valence electrons. The SMILES string of the molecule is CC/C=C\C[C@H]1CC[C@H](CCCCC2CCCC(/C=C/CCC)C2)CC1. The lowest BCUT2D eigenvalue weighted by Gasteiger charge is -2.29. The van der Waals surface area contributed by atoms with Gasteiger partial charge in [-0.25, -0.2) is 0 Å². The van der Waals surface area contributed by atoms with Gasteiger partial charge in [-0.15, -0.1) is 0 Å². The van der Waals surface area contributed by atoms with E-state index in [2.05, 4.69) is 38.2 Å². The van der Waals surface area contributed by atoms with E-state index in [4.69, 9.17) is 0 Å². The van der Waals surface area contributed by atoms with Crippen LogP contribution in [-0.4, -0.2) is 0 Å². The van der Waals surface area contributed by atoms with Crippen molar-refractivity contribution in [2.24, 2.45) is 23.7 Å². The monoisotopic (exact) mass is 358 g/mol. The Morgan fingerprint density at radius 1 is 0.731 bits per heavy atom. The van der Waals surface area contributed by atoms with Gasteiger partial charge in [0.2, 0.25) is 0 Å². The van der Waals surface area contributed by atoms with E-state index in [0.717, 1.165) is 23.7 Å². The second-order valence-corrected chi connectivity index (χ2v) is 9.30. The lowest BCUT2D eigenvalue weighted by Crippen LogP contribution is -2.15. The zero-order valence-electron chi connectivity index (χ0n) is 17.9. The summed E-state index contributed by atoms with van der Waals surface area (Å²) in [6.45, 7) is 4.52. The number of hydrogen-bond acceptors (Lipinski definition) is 0. The van der Waals surface area contributed by atoms with Gasteiger partial charge in [-0.3, -0.25) is 0 Å². The van der Waals surface area contributed by atoms with Gasteiger partial charge >= 0.3 is 0 Å². The number of allylic oxidation sites excluding steroid dienone is 4. The van der Waals surface area contributed by atoms with Gasteiger partial charge in [0.1, 0.15) is 0 Å². The highest BCUT2D eigenvalue weighted by Gasteiger charge is 2.21. The maximum atomic E-state index is 2.55. The fourth-order valence-electron chi connectivity index (χ4n) is 5.30. The molecule has 2 fully saturated rings. The van der Waals surface area contributed by atoms with E-state index < -0.39 is 0 Å². The molecule has 0 spiro atoms. The quantitative estimate of drug-likeness (QED) is 0.255. The van der Waals surface area contributed by atoms with E-state index in [9.17, 15) is 0 Å². The minimum absolute atomic E-state index is 0.900. The first-order valence-electron chi connectivity index (χ1n) is 12.1. The van der Waals surface area contributed by atoms with E-state index in [1.165, 1.54) is 103 Å². The Labute approximate surface area is 164 Å². The smallest absolute Gasteiger partial charge is 0.0231 e. The zero-order chi connectivity index (χ0) is 18.5. The van der Waals surface area contributed by atoms with Crippen LogP contribution in [0.3, 0.4) is 0 Å². The molecule has 0 aromatic rings. The molecule has 2 atom stereocenters. The average molecular weight is 359 g/mol. The summed E-state index contributed by atoms with van der Waals surface area (Å²) in [6.07, 6.45) is 32.8. The predicted molar refractivity (Wildman–Crippen MR) is 117 cm³/mol. The molecule has 0 aromatic heterocycles. The van der Waals surface area contributed by atoms with Crippen molar-refractivity contribution in [2.45, 2.75) is 117 Å². The van der Waals surface area contributed by atoms with E-state index in [1.807, 2.05) is 0 Å². The van der Waals surface area contributed by atoms with Crippen molar-refractivity contribution < 1.29 is 0 Å². The van der Waals surface area contributed by atoms with E-state index in [0.29, 0.717) is 0 Å². The largest absolute Gasteiger partial charge is 0.0888 e. The van der Waals surface area contributed by atoms with Gasteiger partial charge in [-0.05, 0) is 68.6 Å². The Balaban J connectivity index is 1.52. The summed E-state index contributed by atoms with van der Waals surface area (Å²) < 4.78 is 0. The van der Waals surface area contributed by atoms with Crippen LogP contribution in [0.2, 0.25) is 0 Å². The van der Waals surface area contributed by atoms with Crippen molar-refractivity contribution in [1.29, 1.82) is 0 Å². The van der Waals surface area contributed by atoms with Gasteiger partial charge in [0, 0.05) is 0 Å². The van der Waals surface area contributed by atoms with Crippen LogP contribution >= 0.6 is 0 Å². The summed E-state index contributed by atoms with van der Waals surface area (Å²) in [5, 5.41) is 0. The van der Waals surface area contributed by atoms with E-state index in [1.54, 1.807) is 0 Å². The summed E-state index contributed by atoms with van der Waals surface area (Å²) in [7, 11) is 0. The Kier molecular flexibility index (Phi) is 11.4. The van der Waals surface area contributed by atoms with Crippen molar-refractivity contribution >= 4 is 0 Å². The zero-order valence-corrected chi connectivity index (χ0v) is 17.9. The molecule has 0 N–H and O–H groups in total. The van der Waals surface area contributed by atoms with Crippen molar-refractivity contribution in [2.75, 3.05) is 0 Å². The first-order chi connectivity index (χ1) is 12.8. The second kappa shape index (κ2) is 13.6. The molecule has 2 rings (SSSR count). The van der Waals surface area contributed by atoms with Gasteiger partial charge in [0.25, 0.3) is 0 Å². The Bertz CT molecular complexity index is 383. The molecule has 0 saturated heterocycles. The Hall–Kier alpha value is -0.520. The van der Waals surface area contributed by atoms with Crippen LogP contribution in [-0.2, 0) is 0 Å². The summed E-state index contributed by atoms with van der Waals surface area (Å²) in [5.41, 5.74) is 0. The first kappa shape index (κ1) is 21.8. The van der Waals surface area contributed by atoms with E-state index in [-0.39, 0.29) is 0 Å². The highest BCUT2D eigenvalue weighted by Crippen LogP contribution is 2.36. The molecule has 26 heavy (non-hydrogen) atoms. The van der Waals surface area contributed by atoms with Crippen LogP contribution < -0.4 is 0 Å². The molecular weight excluding hydrogens is 312 g/mol. The van der Waals surface area contributed by atoms with Crippen molar-refractivity contribution in [3.63, 3.8) is 0 Å². The van der Waals surface area contributed by atoms with Gasteiger partial charge < -0.3 is 0 Å². The third-order valence-corrected chi connectivity index (χ3v) is 7.00. The molecule has 0 heterocycles. The molecule has 0 nitrogen and oxygen atoms in total.